The van der Waals surface area contributed by atoms with Gasteiger partial charge < -0.3 is 0 Å². The molecule has 0 atom stereocenters. The van der Waals surface area contributed by atoms with E-state index in [2.05, 4.69) is 69.2 Å². The van der Waals surface area contributed by atoms with Gasteiger partial charge >= 0.3 is 0 Å². The molecule has 0 aliphatic heterocycles. The van der Waals surface area contributed by atoms with Crippen molar-refractivity contribution in [1.29, 1.82) is 0 Å². The maximum Gasteiger partial charge on any atom is 0.00983 e. The largest absolute Gasteiger partial charge is 0.0601 e. The van der Waals surface area contributed by atoms with Gasteiger partial charge in [0.2, 0.25) is 0 Å². The molecule has 0 saturated heterocycles. The Kier molecular flexibility index (Phi) is 5.62. The lowest BCUT2D eigenvalue weighted by Gasteiger charge is -2.31. The van der Waals surface area contributed by atoms with Crippen LogP contribution in [-0.4, -0.2) is 0 Å². The van der Waals surface area contributed by atoms with Crippen molar-refractivity contribution in [2.24, 2.45) is 10.8 Å². The van der Waals surface area contributed by atoms with E-state index in [1.807, 2.05) is 0 Å². The first-order valence-electron chi connectivity index (χ1n) is 10.2. The van der Waals surface area contributed by atoms with Crippen molar-refractivity contribution < 1.29 is 0 Å². The molecule has 0 unspecified atom stereocenters. The molecule has 0 bridgehead atoms. The zero-order valence-electron chi connectivity index (χ0n) is 18.5. The maximum absolute atomic E-state index is 2.46. The molecule has 2 aliphatic rings. The molecule has 0 heteroatoms. The minimum Gasteiger partial charge on any atom is -0.0601 e. The van der Waals surface area contributed by atoms with E-state index in [9.17, 15) is 0 Å². The Morgan fingerprint density at radius 2 is 0.680 bits per heavy atom. The Hall–Kier alpha value is -1.04. The summed E-state index contributed by atoms with van der Waals surface area (Å²) in [6.07, 6.45) is 6.63. The molecule has 0 aromatic rings. The second-order valence-corrected chi connectivity index (χ2v) is 9.22. The summed E-state index contributed by atoms with van der Waals surface area (Å²) in [5, 5.41) is 0. The molecular weight excluding hydrogens is 300 g/mol. The SMILES string of the molecule is CC1=C(C)C(C)(CCCCCC2(C)C(C)=C(C)C(C)=C2C)C(C)=C1C. The van der Waals surface area contributed by atoms with E-state index in [1.165, 1.54) is 54.4 Å². The monoisotopic (exact) mass is 340 g/mol. The smallest absolute Gasteiger partial charge is 0.00983 e. The van der Waals surface area contributed by atoms with Crippen molar-refractivity contribution in [2.75, 3.05) is 0 Å². The number of rotatable bonds is 6. The molecule has 140 valence electrons. The number of hydrogen-bond donors (Lipinski definition) is 0. The molecule has 0 saturated carbocycles. The fraction of sp³-hybridized carbons (Fsp3) is 0.680. The minimum absolute atomic E-state index is 0.310. The highest BCUT2D eigenvalue weighted by Crippen LogP contribution is 2.51. The average molecular weight is 341 g/mol. The van der Waals surface area contributed by atoms with Gasteiger partial charge in [0.25, 0.3) is 0 Å². The van der Waals surface area contributed by atoms with Crippen molar-refractivity contribution in [1.82, 2.24) is 0 Å². The van der Waals surface area contributed by atoms with Crippen molar-refractivity contribution in [2.45, 2.75) is 101 Å². The van der Waals surface area contributed by atoms with Gasteiger partial charge in [0, 0.05) is 10.8 Å². The Bertz CT molecular complexity index is 580. The van der Waals surface area contributed by atoms with Crippen LogP contribution in [0, 0.1) is 10.8 Å². The fourth-order valence-corrected chi connectivity index (χ4v) is 5.23. The number of hydrogen-bond acceptors (Lipinski definition) is 0. The van der Waals surface area contributed by atoms with Gasteiger partial charge in [0.05, 0.1) is 0 Å². The Morgan fingerprint density at radius 3 is 0.920 bits per heavy atom. The van der Waals surface area contributed by atoms with Gasteiger partial charge in [-0.15, -0.1) is 0 Å². The summed E-state index contributed by atoms with van der Waals surface area (Å²) >= 11 is 0. The minimum atomic E-state index is 0.310. The van der Waals surface area contributed by atoms with Crippen LogP contribution >= 0.6 is 0 Å². The van der Waals surface area contributed by atoms with Crippen LogP contribution in [0.2, 0.25) is 0 Å². The van der Waals surface area contributed by atoms with Crippen LogP contribution in [0.3, 0.4) is 0 Å². The lowest BCUT2D eigenvalue weighted by molar-refractivity contribution is 0.384. The molecular formula is C25H40. The first-order valence-corrected chi connectivity index (χ1v) is 10.2. The van der Waals surface area contributed by atoms with Gasteiger partial charge in [-0.25, -0.2) is 0 Å². The Morgan fingerprint density at radius 1 is 0.440 bits per heavy atom. The van der Waals surface area contributed by atoms with E-state index < -0.39 is 0 Å². The summed E-state index contributed by atoms with van der Waals surface area (Å²) in [6, 6.07) is 0. The van der Waals surface area contributed by atoms with Crippen LogP contribution in [0.25, 0.3) is 0 Å². The third-order valence-corrected chi connectivity index (χ3v) is 8.54. The van der Waals surface area contributed by atoms with Crippen LogP contribution in [0.4, 0.5) is 0 Å². The molecule has 0 radical (unpaired) electrons. The van der Waals surface area contributed by atoms with Crippen LogP contribution in [-0.2, 0) is 0 Å². The molecule has 2 rings (SSSR count). The predicted molar refractivity (Wildman–Crippen MR) is 113 cm³/mol. The third-order valence-electron chi connectivity index (χ3n) is 8.54. The van der Waals surface area contributed by atoms with Crippen molar-refractivity contribution >= 4 is 0 Å². The van der Waals surface area contributed by atoms with Gasteiger partial charge in [-0.2, -0.15) is 0 Å². The zero-order chi connectivity index (χ0) is 19.2. The maximum atomic E-state index is 2.46. The van der Waals surface area contributed by atoms with Crippen LogP contribution in [0.15, 0.2) is 44.6 Å². The third kappa shape index (κ3) is 3.11. The molecule has 0 heterocycles. The van der Waals surface area contributed by atoms with E-state index in [4.69, 9.17) is 0 Å². The number of allylic oxidation sites excluding steroid dienone is 8. The molecule has 0 aromatic carbocycles. The first kappa shape index (κ1) is 20.3. The molecule has 0 aromatic heterocycles. The molecule has 0 spiro atoms. The van der Waals surface area contributed by atoms with Crippen molar-refractivity contribution in [3.8, 4) is 0 Å². The number of unbranched alkanes of at least 4 members (excludes halogenated alkanes) is 2. The summed E-state index contributed by atoms with van der Waals surface area (Å²) < 4.78 is 0. The summed E-state index contributed by atoms with van der Waals surface area (Å²) in [7, 11) is 0. The van der Waals surface area contributed by atoms with E-state index >= 15 is 0 Å². The highest BCUT2D eigenvalue weighted by atomic mass is 14.4. The second kappa shape index (κ2) is 6.93. The molecule has 0 N–H and O–H groups in total. The molecule has 0 nitrogen and oxygen atoms in total. The van der Waals surface area contributed by atoms with Gasteiger partial charge in [0.1, 0.15) is 0 Å². The summed E-state index contributed by atoms with van der Waals surface area (Å²) in [5.41, 5.74) is 13.2. The lowest BCUT2D eigenvalue weighted by Crippen LogP contribution is -2.18. The average Bonchev–Trinajstić information content (AvgIpc) is 2.82. The second-order valence-electron chi connectivity index (χ2n) is 9.22. The first-order chi connectivity index (χ1) is 11.5. The molecule has 0 fully saturated rings. The highest BCUT2D eigenvalue weighted by Gasteiger charge is 2.37. The summed E-state index contributed by atoms with van der Waals surface area (Å²) in [5.74, 6) is 0. The zero-order valence-corrected chi connectivity index (χ0v) is 18.5. The van der Waals surface area contributed by atoms with Crippen molar-refractivity contribution in [3.63, 3.8) is 0 Å². The van der Waals surface area contributed by atoms with E-state index in [1.54, 1.807) is 22.3 Å². The fourth-order valence-electron chi connectivity index (χ4n) is 5.23. The topological polar surface area (TPSA) is 0 Å². The standard InChI is InChI=1S/C25H40/c1-16-17(2)21(6)24(9,20(16)5)14-12-11-13-15-25(10)22(7)18(3)19(4)23(25)8/h11-15H2,1-10H3. The predicted octanol–water partition coefficient (Wildman–Crippen LogP) is 8.32. The Labute approximate surface area is 157 Å². The quantitative estimate of drug-likeness (QED) is 0.426. The summed E-state index contributed by atoms with van der Waals surface area (Å²) in [6.45, 7) is 23.5. The summed E-state index contributed by atoms with van der Waals surface area (Å²) in [4.78, 5) is 0. The van der Waals surface area contributed by atoms with E-state index in [-0.39, 0.29) is 0 Å². The lowest BCUT2D eigenvalue weighted by atomic mass is 9.73. The van der Waals surface area contributed by atoms with Crippen LogP contribution in [0.1, 0.15) is 101 Å². The van der Waals surface area contributed by atoms with Crippen LogP contribution < -0.4 is 0 Å². The van der Waals surface area contributed by atoms with E-state index in [0.717, 1.165) is 0 Å². The van der Waals surface area contributed by atoms with Gasteiger partial charge in [-0.1, -0.05) is 55.4 Å². The van der Waals surface area contributed by atoms with E-state index in [0.29, 0.717) is 10.8 Å². The van der Waals surface area contributed by atoms with Gasteiger partial charge in [0.15, 0.2) is 0 Å². The Balaban J connectivity index is 1.92. The molecule has 2 aliphatic carbocycles. The highest BCUT2D eigenvalue weighted by molar-refractivity contribution is 5.50. The van der Waals surface area contributed by atoms with Gasteiger partial charge in [-0.05, 0) is 90.5 Å². The normalized spacial score (nSPS) is 22.8. The van der Waals surface area contributed by atoms with Gasteiger partial charge in [-0.3, -0.25) is 0 Å². The molecule has 0 amide bonds. The van der Waals surface area contributed by atoms with Crippen LogP contribution in [0.5, 0.6) is 0 Å². The molecule has 25 heavy (non-hydrogen) atoms. The van der Waals surface area contributed by atoms with Crippen molar-refractivity contribution in [3.05, 3.63) is 44.6 Å².